The second kappa shape index (κ2) is 4.48. The number of carbonyl (C=O) groups is 1. The first-order valence-corrected chi connectivity index (χ1v) is 7.52. The predicted octanol–water partition coefficient (Wildman–Crippen LogP) is 1.56. The fraction of sp³-hybridized carbons (Fsp3) is 0.562. The van der Waals surface area contributed by atoms with E-state index >= 15 is 0 Å². The van der Waals surface area contributed by atoms with Crippen molar-refractivity contribution in [3.8, 4) is 5.75 Å². The van der Waals surface area contributed by atoms with Crippen LogP contribution in [0.4, 0.5) is 0 Å². The number of aromatic hydroxyl groups is 1. The largest absolute Gasteiger partial charge is 0.507 e. The molecule has 0 radical (unpaired) electrons. The monoisotopic (exact) mass is 272 g/mol. The zero-order chi connectivity index (χ0) is 13.7. The molecule has 4 unspecified atom stereocenters. The molecule has 4 heterocycles. The van der Waals surface area contributed by atoms with Crippen LogP contribution in [0.3, 0.4) is 0 Å². The highest BCUT2D eigenvalue weighted by Gasteiger charge is 2.43. The van der Waals surface area contributed by atoms with Gasteiger partial charge in [0.15, 0.2) is 0 Å². The van der Waals surface area contributed by atoms with E-state index < -0.39 is 0 Å². The minimum Gasteiger partial charge on any atom is -0.507 e. The van der Waals surface area contributed by atoms with Crippen molar-refractivity contribution >= 4 is 5.91 Å². The Labute approximate surface area is 119 Å². The lowest BCUT2D eigenvalue weighted by molar-refractivity contribution is 0.0571. The quantitative estimate of drug-likeness (QED) is 0.843. The van der Waals surface area contributed by atoms with E-state index in [4.69, 9.17) is 0 Å². The van der Waals surface area contributed by atoms with Gasteiger partial charge in [-0.15, -0.1) is 0 Å². The molecule has 4 fully saturated rings. The van der Waals surface area contributed by atoms with Crippen molar-refractivity contribution < 1.29 is 9.90 Å². The van der Waals surface area contributed by atoms with Crippen molar-refractivity contribution in [2.45, 2.75) is 18.9 Å². The van der Waals surface area contributed by atoms with Crippen LogP contribution in [0.2, 0.25) is 0 Å². The van der Waals surface area contributed by atoms with Gasteiger partial charge in [0.25, 0.3) is 5.91 Å². The fourth-order valence-electron chi connectivity index (χ4n) is 4.35. The van der Waals surface area contributed by atoms with Crippen LogP contribution in [0.25, 0.3) is 0 Å². The third-order valence-corrected chi connectivity index (χ3v) is 5.06. The van der Waals surface area contributed by atoms with Gasteiger partial charge in [-0.3, -0.25) is 4.79 Å². The maximum Gasteiger partial charge on any atom is 0.257 e. The minimum atomic E-state index is 0.00231. The molecule has 4 aliphatic rings. The summed E-state index contributed by atoms with van der Waals surface area (Å²) >= 11 is 0. The van der Waals surface area contributed by atoms with Crippen LogP contribution in [-0.4, -0.2) is 53.0 Å². The topological polar surface area (TPSA) is 43.8 Å². The van der Waals surface area contributed by atoms with Crippen LogP contribution in [0.1, 0.15) is 23.2 Å². The molecule has 5 rings (SSSR count). The van der Waals surface area contributed by atoms with Gasteiger partial charge in [-0.1, -0.05) is 12.1 Å². The molecule has 4 aliphatic heterocycles. The van der Waals surface area contributed by atoms with Crippen molar-refractivity contribution in [1.82, 2.24) is 9.80 Å². The molecule has 0 aliphatic carbocycles. The van der Waals surface area contributed by atoms with E-state index in [9.17, 15) is 9.90 Å². The normalized spacial score (nSPS) is 35.1. The number of nitrogens with zero attached hydrogens (tertiary/aromatic N) is 2. The molecular weight excluding hydrogens is 252 g/mol. The molecule has 0 spiro atoms. The van der Waals surface area contributed by atoms with E-state index in [0.717, 1.165) is 32.0 Å². The highest BCUT2D eigenvalue weighted by molar-refractivity contribution is 5.97. The highest BCUT2D eigenvalue weighted by atomic mass is 16.3. The maximum atomic E-state index is 12.8. The first-order chi connectivity index (χ1) is 9.70. The summed E-state index contributed by atoms with van der Waals surface area (Å²) in [5.74, 6) is 1.47. The molecule has 20 heavy (non-hydrogen) atoms. The van der Waals surface area contributed by atoms with Gasteiger partial charge in [0.05, 0.1) is 5.56 Å². The molecule has 4 heteroatoms. The number of carbonyl (C=O) groups excluding carboxylic acids is 1. The Kier molecular flexibility index (Phi) is 2.74. The zero-order valence-corrected chi connectivity index (χ0v) is 11.5. The van der Waals surface area contributed by atoms with Crippen LogP contribution < -0.4 is 0 Å². The standard InChI is InChI=1S/C16H20N2O2/c19-15-4-2-1-3-14(15)16(20)18-9-12-5-11-6-13(18)10-17(7-11)8-12/h1-4,11-13,19H,5-10H2. The van der Waals surface area contributed by atoms with Gasteiger partial charge in [0, 0.05) is 32.2 Å². The lowest BCUT2D eigenvalue weighted by Gasteiger charge is -2.41. The third-order valence-electron chi connectivity index (χ3n) is 5.06. The molecule has 4 saturated heterocycles. The molecule has 1 aromatic carbocycles. The summed E-state index contributed by atoms with van der Waals surface area (Å²) in [6.45, 7) is 4.21. The Bertz CT molecular complexity index is 531. The Balaban J connectivity index is 1.65. The Hall–Kier alpha value is -1.55. The summed E-state index contributed by atoms with van der Waals surface area (Å²) in [7, 11) is 0. The lowest BCUT2D eigenvalue weighted by atomic mass is 9.84. The molecular formula is C16H20N2O2. The molecule has 106 valence electrons. The van der Waals surface area contributed by atoms with Crippen molar-refractivity contribution in [1.29, 1.82) is 0 Å². The van der Waals surface area contributed by atoms with Crippen molar-refractivity contribution in [2.24, 2.45) is 11.8 Å². The number of phenols is 1. The van der Waals surface area contributed by atoms with E-state index in [0.29, 0.717) is 17.5 Å². The number of rotatable bonds is 1. The van der Waals surface area contributed by atoms with Crippen LogP contribution in [0.5, 0.6) is 5.75 Å². The SMILES string of the molecule is O=C(c1ccccc1O)N1CC2CC3CC1CN(C3)C2. The van der Waals surface area contributed by atoms with Crippen LogP contribution in [0.15, 0.2) is 24.3 Å². The molecule has 1 N–H and O–H groups in total. The third kappa shape index (κ3) is 1.90. The summed E-state index contributed by atoms with van der Waals surface area (Å²) < 4.78 is 0. The number of piperidine rings is 2. The lowest BCUT2D eigenvalue weighted by Crippen LogP contribution is -2.50. The average molecular weight is 272 g/mol. The summed E-state index contributed by atoms with van der Waals surface area (Å²) in [5.41, 5.74) is 0.448. The number of phenolic OH excluding ortho intramolecular Hbond substituents is 1. The number of amides is 1. The molecule has 0 aromatic heterocycles. The predicted molar refractivity (Wildman–Crippen MR) is 75.6 cm³/mol. The smallest absolute Gasteiger partial charge is 0.257 e. The maximum absolute atomic E-state index is 12.8. The van der Waals surface area contributed by atoms with Gasteiger partial charge in [0.2, 0.25) is 0 Å². The van der Waals surface area contributed by atoms with E-state index in [1.165, 1.54) is 13.0 Å². The van der Waals surface area contributed by atoms with Crippen LogP contribution >= 0.6 is 0 Å². The van der Waals surface area contributed by atoms with Crippen molar-refractivity contribution in [3.05, 3.63) is 29.8 Å². The van der Waals surface area contributed by atoms with Gasteiger partial charge in [-0.2, -0.15) is 0 Å². The zero-order valence-electron chi connectivity index (χ0n) is 11.5. The minimum absolute atomic E-state index is 0.00231. The molecule has 4 bridgehead atoms. The molecule has 1 amide bonds. The second-order valence-corrected chi connectivity index (χ2v) is 6.55. The van der Waals surface area contributed by atoms with Gasteiger partial charge < -0.3 is 14.9 Å². The molecule has 1 aromatic rings. The summed E-state index contributed by atoms with van der Waals surface area (Å²) in [4.78, 5) is 17.3. The van der Waals surface area contributed by atoms with Gasteiger partial charge >= 0.3 is 0 Å². The Morgan fingerprint density at radius 3 is 2.65 bits per heavy atom. The summed E-state index contributed by atoms with van der Waals surface area (Å²) in [6, 6.07) is 7.23. The van der Waals surface area contributed by atoms with Gasteiger partial charge in [-0.05, 0) is 36.8 Å². The number of benzene rings is 1. The number of hydrogen-bond donors (Lipinski definition) is 1. The van der Waals surface area contributed by atoms with Gasteiger partial charge in [-0.25, -0.2) is 0 Å². The van der Waals surface area contributed by atoms with Crippen LogP contribution in [0, 0.1) is 11.8 Å². The fourth-order valence-corrected chi connectivity index (χ4v) is 4.35. The summed E-state index contributed by atoms with van der Waals surface area (Å²) in [6.07, 6.45) is 2.39. The van der Waals surface area contributed by atoms with Gasteiger partial charge in [0.1, 0.15) is 5.75 Å². The molecule has 0 saturated carbocycles. The second-order valence-electron chi connectivity index (χ2n) is 6.55. The average Bonchev–Trinajstić information content (AvgIpc) is 2.62. The van der Waals surface area contributed by atoms with Crippen molar-refractivity contribution in [3.63, 3.8) is 0 Å². The Morgan fingerprint density at radius 2 is 1.85 bits per heavy atom. The van der Waals surface area contributed by atoms with Crippen LogP contribution in [-0.2, 0) is 0 Å². The molecule has 4 nitrogen and oxygen atoms in total. The number of hydrogen-bond acceptors (Lipinski definition) is 3. The van der Waals surface area contributed by atoms with E-state index in [-0.39, 0.29) is 11.7 Å². The number of para-hydroxylation sites is 1. The van der Waals surface area contributed by atoms with E-state index in [2.05, 4.69) is 4.90 Å². The van der Waals surface area contributed by atoms with E-state index in [1.54, 1.807) is 18.2 Å². The first kappa shape index (κ1) is 12.2. The first-order valence-electron chi connectivity index (χ1n) is 7.52. The Morgan fingerprint density at radius 1 is 1.05 bits per heavy atom. The van der Waals surface area contributed by atoms with E-state index in [1.807, 2.05) is 11.0 Å². The molecule has 4 atom stereocenters. The number of fused-ring (bicyclic) bond motifs is 1. The van der Waals surface area contributed by atoms with Crippen molar-refractivity contribution in [2.75, 3.05) is 26.2 Å². The summed E-state index contributed by atoms with van der Waals surface area (Å²) in [5, 5.41) is 9.93. The highest BCUT2D eigenvalue weighted by Crippen LogP contribution is 2.37.